The molecule has 7 nitrogen and oxygen atoms in total. The Morgan fingerprint density at radius 3 is 2.55 bits per heavy atom. The molecule has 1 saturated heterocycles. The van der Waals surface area contributed by atoms with Crippen LogP contribution in [0, 0.1) is 0 Å². The van der Waals surface area contributed by atoms with Gasteiger partial charge in [-0.1, -0.05) is 24.3 Å². The van der Waals surface area contributed by atoms with Gasteiger partial charge in [0.25, 0.3) is 0 Å². The van der Waals surface area contributed by atoms with Gasteiger partial charge in [0.05, 0.1) is 16.8 Å². The van der Waals surface area contributed by atoms with Crippen LogP contribution >= 0.6 is 11.3 Å². The molecule has 0 spiro atoms. The zero-order valence-corrected chi connectivity index (χ0v) is 20.6. The summed E-state index contributed by atoms with van der Waals surface area (Å²) in [6.07, 6.45) is 3.59. The number of rotatable bonds is 9. The first-order chi connectivity index (χ1) is 16.0. The van der Waals surface area contributed by atoms with E-state index >= 15 is 0 Å². The van der Waals surface area contributed by atoms with Crippen LogP contribution in [0.2, 0.25) is 0 Å². The average Bonchev–Trinajstić information content (AvgIpc) is 3.54. The van der Waals surface area contributed by atoms with Crippen LogP contribution in [0.4, 0.5) is 10.8 Å². The maximum atomic E-state index is 12.9. The highest BCUT2D eigenvalue weighted by atomic mass is 32.2. The van der Waals surface area contributed by atoms with Crippen LogP contribution in [-0.4, -0.2) is 50.1 Å². The van der Waals surface area contributed by atoms with Crippen molar-refractivity contribution in [1.82, 2.24) is 9.29 Å². The highest BCUT2D eigenvalue weighted by Gasteiger charge is 2.27. The normalized spacial score (nSPS) is 14.7. The van der Waals surface area contributed by atoms with E-state index in [1.807, 2.05) is 23.6 Å². The van der Waals surface area contributed by atoms with Crippen LogP contribution in [0.5, 0.6) is 0 Å². The van der Waals surface area contributed by atoms with E-state index in [1.165, 1.54) is 17.0 Å². The maximum absolute atomic E-state index is 12.9. The van der Waals surface area contributed by atoms with E-state index in [0.29, 0.717) is 23.1 Å². The molecule has 0 aliphatic carbocycles. The van der Waals surface area contributed by atoms with Gasteiger partial charge in [0.2, 0.25) is 15.2 Å². The molecule has 0 radical (unpaired) electrons. The summed E-state index contributed by atoms with van der Waals surface area (Å²) in [5, 5.41) is 6.85. The molecule has 0 atom stereocenters. The van der Waals surface area contributed by atoms with Crippen molar-refractivity contribution >= 4 is 38.4 Å². The number of thiazole rings is 1. The Balaban J connectivity index is 1.42. The smallest absolute Gasteiger partial charge is 0.243 e. The van der Waals surface area contributed by atoms with Gasteiger partial charge >= 0.3 is 0 Å². The third kappa shape index (κ3) is 5.43. The Bertz CT molecular complexity index is 1200. The van der Waals surface area contributed by atoms with E-state index in [4.69, 9.17) is 0 Å². The monoisotopic (exact) mass is 483 g/mol. The van der Waals surface area contributed by atoms with Crippen molar-refractivity contribution in [3.8, 4) is 11.3 Å². The number of aromatic nitrogens is 1. The molecule has 1 aliphatic heterocycles. The minimum absolute atomic E-state index is 0.315. The fraction of sp³-hybridized carbons (Fsp3) is 0.333. The summed E-state index contributed by atoms with van der Waals surface area (Å²) in [6.45, 7) is 7.43. The second-order valence-corrected chi connectivity index (χ2v) is 10.6. The summed E-state index contributed by atoms with van der Waals surface area (Å²) in [7, 11) is -3.45. The van der Waals surface area contributed by atoms with Crippen molar-refractivity contribution in [1.29, 1.82) is 0 Å². The summed E-state index contributed by atoms with van der Waals surface area (Å²) in [6, 6.07) is 15.3. The summed E-state index contributed by atoms with van der Waals surface area (Å²) in [5.41, 5.74) is 6.66. The van der Waals surface area contributed by atoms with Crippen molar-refractivity contribution in [2.45, 2.75) is 31.6 Å². The third-order valence-corrected chi connectivity index (χ3v) is 8.37. The van der Waals surface area contributed by atoms with Crippen LogP contribution in [0.15, 0.2) is 63.9 Å². The molecule has 4 rings (SSSR count). The molecule has 2 heterocycles. The predicted octanol–water partition coefficient (Wildman–Crippen LogP) is 4.89. The number of nitrogens with zero attached hydrogens (tertiary/aromatic N) is 4. The number of benzene rings is 2. The van der Waals surface area contributed by atoms with E-state index in [2.05, 4.69) is 46.4 Å². The first-order valence-electron chi connectivity index (χ1n) is 11.2. The Hall–Kier alpha value is -2.75. The number of hydrogen-bond acceptors (Lipinski definition) is 7. The van der Waals surface area contributed by atoms with Crippen molar-refractivity contribution in [3.05, 3.63) is 59.5 Å². The second-order valence-electron chi connectivity index (χ2n) is 7.81. The standard InChI is InChI=1S/C24H29N5O2S2/c1-3-28(4-2)21-12-10-19(11-13-21)17-25-27-24-26-23(18-32-24)20-8-7-9-22(16-20)33(30,31)29-14-5-6-15-29/h7-13,16-18H,3-6,14-15H2,1-2H3,(H,26,27). The number of hydrogen-bond donors (Lipinski definition) is 1. The molecule has 1 fully saturated rings. The number of sulfonamides is 1. The van der Waals surface area contributed by atoms with Crippen LogP contribution < -0.4 is 10.3 Å². The van der Waals surface area contributed by atoms with Gasteiger partial charge in [0.15, 0.2) is 0 Å². The minimum Gasteiger partial charge on any atom is -0.372 e. The summed E-state index contributed by atoms with van der Waals surface area (Å²) in [5.74, 6) is 0. The lowest BCUT2D eigenvalue weighted by Crippen LogP contribution is -2.27. The molecule has 0 saturated carbocycles. The molecule has 0 bridgehead atoms. The van der Waals surface area contributed by atoms with Gasteiger partial charge in [-0.15, -0.1) is 11.3 Å². The van der Waals surface area contributed by atoms with Crippen molar-refractivity contribution in [3.63, 3.8) is 0 Å². The Morgan fingerprint density at radius 1 is 1.12 bits per heavy atom. The maximum Gasteiger partial charge on any atom is 0.243 e. The molecule has 174 valence electrons. The highest BCUT2D eigenvalue weighted by Crippen LogP contribution is 2.28. The Labute approximate surface area is 199 Å². The first kappa shape index (κ1) is 23.4. The molecular formula is C24H29N5O2S2. The fourth-order valence-corrected chi connectivity index (χ4v) is 6.11. The molecule has 33 heavy (non-hydrogen) atoms. The second kappa shape index (κ2) is 10.5. The van der Waals surface area contributed by atoms with Gasteiger partial charge in [-0.25, -0.2) is 13.4 Å². The lowest BCUT2D eigenvalue weighted by molar-refractivity contribution is 0.477. The quantitative estimate of drug-likeness (QED) is 0.346. The summed E-state index contributed by atoms with van der Waals surface area (Å²) < 4.78 is 27.3. The summed E-state index contributed by atoms with van der Waals surface area (Å²) in [4.78, 5) is 7.18. The molecule has 0 unspecified atom stereocenters. The number of anilines is 2. The van der Waals surface area contributed by atoms with E-state index in [0.717, 1.165) is 42.8 Å². The first-order valence-corrected chi connectivity index (χ1v) is 13.5. The third-order valence-electron chi connectivity index (χ3n) is 5.73. The van der Waals surface area contributed by atoms with Crippen LogP contribution in [-0.2, 0) is 10.0 Å². The van der Waals surface area contributed by atoms with Gasteiger partial charge in [-0.2, -0.15) is 9.41 Å². The fourth-order valence-electron chi connectivity index (χ4n) is 3.87. The van der Waals surface area contributed by atoms with Crippen LogP contribution in [0.1, 0.15) is 32.3 Å². The largest absolute Gasteiger partial charge is 0.372 e. The van der Waals surface area contributed by atoms with Gasteiger partial charge < -0.3 is 4.90 Å². The number of hydrazone groups is 1. The molecule has 2 aromatic carbocycles. The van der Waals surface area contributed by atoms with Crippen molar-refractivity contribution in [2.24, 2.45) is 5.10 Å². The molecular weight excluding hydrogens is 454 g/mol. The Kier molecular flexibility index (Phi) is 7.42. The topological polar surface area (TPSA) is 77.9 Å². The van der Waals surface area contributed by atoms with Gasteiger partial charge in [-0.05, 0) is 56.5 Å². The molecule has 9 heteroatoms. The van der Waals surface area contributed by atoms with Crippen LogP contribution in [0.3, 0.4) is 0 Å². The Morgan fingerprint density at radius 2 is 1.85 bits per heavy atom. The lowest BCUT2D eigenvalue weighted by atomic mass is 10.2. The predicted molar refractivity (Wildman–Crippen MR) is 137 cm³/mol. The van der Waals surface area contributed by atoms with Gasteiger partial charge in [0.1, 0.15) is 0 Å². The van der Waals surface area contributed by atoms with E-state index < -0.39 is 10.0 Å². The lowest BCUT2D eigenvalue weighted by Gasteiger charge is -2.20. The van der Waals surface area contributed by atoms with Crippen molar-refractivity contribution < 1.29 is 8.42 Å². The molecule has 3 aromatic rings. The molecule has 0 amide bonds. The zero-order valence-electron chi connectivity index (χ0n) is 18.9. The molecule has 1 aromatic heterocycles. The summed E-state index contributed by atoms with van der Waals surface area (Å²) >= 11 is 1.43. The van der Waals surface area contributed by atoms with Gasteiger partial charge in [-0.3, -0.25) is 5.43 Å². The molecule has 1 N–H and O–H groups in total. The SMILES string of the molecule is CCN(CC)c1ccc(C=NNc2nc(-c3cccc(S(=O)(=O)N4CCCC4)c3)cs2)cc1. The van der Waals surface area contributed by atoms with Gasteiger partial charge in [0, 0.05) is 42.8 Å². The van der Waals surface area contributed by atoms with Crippen LogP contribution in [0.25, 0.3) is 11.3 Å². The number of nitrogens with one attached hydrogen (secondary N) is 1. The van der Waals surface area contributed by atoms with Crippen molar-refractivity contribution in [2.75, 3.05) is 36.5 Å². The molecule has 1 aliphatic rings. The minimum atomic E-state index is -3.45. The van der Waals surface area contributed by atoms with E-state index in [1.54, 1.807) is 28.7 Å². The highest BCUT2D eigenvalue weighted by molar-refractivity contribution is 7.89. The average molecular weight is 484 g/mol. The van der Waals surface area contributed by atoms with E-state index in [-0.39, 0.29) is 0 Å². The zero-order chi connectivity index (χ0) is 23.3. The van der Waals surface area contributed by atoms with E-state index in [9.17, 15) is 8.42 Å².